The van der Waals surface area contributed by atoms with Gasteiger partial charge >= 0.3 is 0 Å². The van der Waals surface area contributed by atoms with Crippen LogP contribution in [-0.4, -0.2) is 16.5 Å². The molecule has 1 aromatic heterocycles. The van der Waals surface area contributed by atoms with Gasteiger partial charge in [-0.05, 0) is 18.6 Å². The molecule has 1 N–H and O–H groups in total. The predicted molar refractivity (Wildman–Crippen MR) is 61.7 cm³/mol. The molecule has 0 unspecified atom stereocenters. The van der Waals surface area contributed by atoms with Gasteiger partial charge in [0.15, 0.2) is 0 Å². The number of nitro groups is 1. The van der Waals surface area contributed by atoms with Crippen LogP contribution in [0.5, 0.6) is 0 Å². The highest BCUT2D eigenvalue weighted by atomic mass is 35.5. The molecule has 16 heavy (non-hydrogen) atoms. The lowest BCUT2D eigenvalue weighted by atomic mass is 10.2. The molecule has 1 rings (SSSR count). The Kier molecular flexibility index (Phi) is 4.72. The van der Waals surface area contributed by atoms with Crippen molar-refractivity contribution in [1.29, 1.82) is 0 Å². The molecule has 86 valence electrons. The molecule has 0 aliphatic rings. The summed E-state index contributed by atoms with van der Waals surface area (Å²) in [5.74, 6) is 0. The van der Waals surface area contributed by atoms with E-state index < -0.39 is 4.92 Å². The van der Waals surface area contributed by atoms with Gasteiger partial charge in [0.1, 0.15) is 5.15 Å². The van der Waals surface area contributed by atoms with E-state index >= 15 is 0 Å². The second-order valence-electron chi connectivity index (χ2n) is 3.14. The molecular formula is C10H12ClN3O2. The number of rotatable bonds is 5. The topological polar surface area (TPSA) is 68.1 Å². The lowest BCUT2D eigenvalue weighted by Crippen LogP contribution is -2.15. The standard InChI is InChI=1S/C10H12ClN3O2/c1-2-12-9(7-14(15)16)5-8-3-4-10(11)13-6-8/h3-4,6-7,12H,2,5H2,1H3. The minimum atomic E-state index is -0.471. The van der Waals surface area contributed by atoms with Crippen molar-refractivity contribution >= 4 is 11.6 Å². The van der Waals surface area contributed by atoms with Crippen LogP contribution in [0.4, 0.5) is 0 Å². The van der Waals surface area contributed by atoms with Crippen molar-refractivity contribution in [2.24, 2.45) is 0 Å². The van der Waals surface area contributed by atoms with Gasteiger partial charge in [-0.2, -0.15) is 0 Å². The molecule has 0 atom stereocenters. The highest BCUT2D eigenvalue weighted by Crippen LogP contribution is 2.08. The van der Waals surface area contributed by atoms with Crippen LogP contribution >= 0.6 is 11.6 Å². The zero-order valence-corrected chi connectivity index (χ0v) is 9.57. The first-order valence-electron chi connectivity index (χ1n) is 4.80. The summed E-state index contributed by atoms with van der Waals surface area (Å²) in [5, 5.41) is 13.7. The van der Waals surface area contributed by atoms with Crippen molar-refractivity contribution in [3.05, 3.63) is 51.1 Å². The second-order valence-corrected chi connectivity index (χ2v) is 3.52. The molecule has 0 saturated heterocycles. The molecular weight excluding hydrogens is 230 g/mol. The number of hydrogen-bond acceptors (Lipinski definition) is 4. The number of allylic oxidation sites excluding steroid dienone is 1. The van der Waals surface area contributed by atoms with E-state index in [4.69, 9.17) is 11.6 Å². The van der Waals surface area contributed by atoms with E-state index in [2.05, 4.69) is 10.3 Å². The molecule has 5 nitrogen and oxygen atoms in total. The van der Waals surface area contributed by atoms with Crippen LogP contribution in [0.1, 0.15) is 12.5 Å². The molecule has 0 aromatic carbocycles. The minimum absolute atomic E-state index is 0.409. The molecule has 0 fully saturated rings. The molecule has 0 aliphatic carbocycles. The smallest absolute Gasteiger partial charge is 0.253 e. The van der Waals surface area contributed by atoms with Gasteiger partial charge in [-0.15, -0.1) is 0 Å². The average Bonchev–Trinajstić information content (AvgIpc) is 2.21. The first-order chi connectivity index (χ1) is 7.61. The summed E-state index contributed by atoms with van der Waals surface area (Å²) in [6.45, 7) is 2.52. The Hall–Kier alpha value is -1.62. The summed E-state index contributed by atoms with van der Waals surface area (Å²) in [4.78, 5) is 13.8. The maximum absolute atomic E-state index is 10.4. The molecule has 0 spiro atoms. The SMILES string of the molecule is CCNC(=C[N+](=O)[O-])Cc1ccc(Cl)nc1. The molecule has 0 saturated carbocycles. The number of nitrogens with zero attached hydrogens (tertiary/aromatic N) is 2. The Labute approximate surface area is 98.3 Å². The summed E-state index contributed by atoms with van der Waals surface area (Å²) in [6, 6.07) is 3.45. The van der Waals surface area contributed by atoms with Crippen LogP contribution in [0, 0.1) is 10.1 Å². The van der Waals surface area contributed by atoms with Gasteiger partial charge in [-0.25, -0.2) is 4.98 Å². The maximum Gasteiger partial charge on any atom is 0.253 e. The van der Waals surface area contributed by atoms with E-state index in [0.717, 1.165) is 11.8 Å². The highest BCUT2D eigenvalue weighted by molar-refractivity contribution is 6.29. The van der Waals surface area contributed by atoms with E-state index in [1.807, 2.05) is 6.92 Å². The van der Waals surface area contributed by atoms with E-state index in [9.17, 15) is 10.1 Å². The molecule has 0 aliphatic heterocycles. The largest absolute Gasteiger partial charge is 0.383 e. The van der Waals surface area contributed by atoms with Gasteiger partial charge in [-0.1, -0.05) is 17.7 Å². The molecule has 0 radical (unpaired) electrons. The number of likely N-dealkylation sites (N-methyl/N-ethyl adjacent to an activating group) is 1. The maximum atomic E-state index is 10.4. The molecule has 0 amide bonds. The van der Waals surface area contributed by atoms with Gasteiger partial charge in [0, 0.05) is 19.2 Å². The van der Waals surface area contributed by atoms with E-state index in [0.29, 0.717) is 23.8 Å². The summed E-state index contributed by atoms with van der Waals surface area (Å²) < 4.78 is 0. The zero-order chi connectivity index (χ0) is 12.0. The van der Waals surface area contributed by atoms with Crippen LogP contribution in [0.25, 0.3) is 0 Å². The third-order valence-corrected chi connectivity index (χ3v) is 2.07. The fourth-order valence-electron chi connectivity index (χ4n) is 1.24. The van der Waals surface area contributed by atoms with Gasteiger partial charge in [0.25, 0.3) is 6.20 Å². The van der Waals surface area contributed by atoms with Crippen LogP contribution in [-0.2, 0) is 6.42 Å². The Bertz CT molecular complexity index is 390. The predicted octanol–water partition coefficient (Wildman–Crippen LogP) is 2.01. The van der Waals surface area contributed by atoms with E-state index in [1.165, 1.54) is 0 Å². The quantitative estimate of drug-likeness (QED) is 0.486. The molecule has 0 bridgehead atoms. The van der Waals surface area contributed by atoms with Gasteiger partial charge < -0.3 is 5.32 Å². The molecule has 1 aromatic rings. The Morgan fingerprint density at radius 2 is 2.44 bits per heavy atom. The Morgan fingerprint density at radius 3 is 2.94 bits per heavy atom. The number of hydrogen-bond donors (Lipinski definition) is 1. The normalized spacial score (nSPS) is 11.2. The lowest BCUT2D eigenvalue weighted by molar-refractivity contribution is -0.403. The van der Waals surface area contributed by atoms with Crippen LogP contribution in [0.15, 0.2) is 30.2 Å². The molecule has 1 heterocycles. The number of pyridine rings is 1. The van der Waals surface area contributed by atoms with Crippen molar-refractivity contribution in [3.8, 4) is 0 Å². The monoisotopic (exact) mass is 241 g/mol. The first-order valence-corrected chi connectivity index (χ1v) is 5.18. The number of halogens is 1. The highest BCUT2D eigenvalue weighted by Gasteiger charge is 2.04. The van der Waals surface area contributed by atoms with Gasteiger partial charge in [0.2, 0.25) is 0 Å². The third kappa shape index (κ3) is 4.27. The van der Waals surface area contributed by atoms with Crippen molar-refractivity contribution in [2.75, 3.05) is 6.54 Å². The number of aromatic nitrogens is 1. The second kappa shape index (κ2) is 6.07. The van der Waals surface area contributed by atoms with Crippen LogP contribution in [0.2, 0.25) is 5.15 Å². The van der Waals surface area contributed by atoms with Crippen molar-refractivity contribution < 1.29 is 4.92 Å². The number of nitrogens with one attached hydrogen (secondary N) is 1. The zero-order valence-electron chi connectivity index (χ0n) is 8.81. The summed E-state index contributed by atoms with van der Waals surface area (Å²) in [7, 11) is 0. The van der Waals surface area contributed by atoms with Crippen molar-refractivity contribution in [2.45, 2.75) is 13.3 Å². The Balaban J connectivity index is 2.75. The summed E-state index contributed by atoms with van der Waals surface area (Å²) in [6.07, 6.45) is 3.02. The molecule has 6 heteroatoms. The lowest BCUT2D eigenvalue weighted by Gasteiger charge is -2.05. The Morgan fingerprint density at radius 1 is 1.69 bits per heavy atom. The van der Waals surface area contributed by atoms with Gasteiger partial charge in [0.05, 0.1) is 10.6 Å². The fraction of sp³-hybridized carbons (Fsp3) is 0.300. The van der Waals surface area contributed by atoms with Crippen molar-refractivity contribution in [3.63, 3.8) is 0 Å². The third-order valence-electron chi connectivity index (χ3n) is 1.85. The minimum Gasteiger partial charge on any atom is -0.383 e. The summed E-state index contributed by atoms with van der Waals surface area (Å²) in [5.41, 5.74) is 1.43. The van der Waals surface area contributed by atoms with Gasteiger partial charge in [-0.3, -0.25) is 10.1 Å². The summed E-state index contributed by atoms with van der Waals surface area (Å²) >= 11 is 5.64. The van der Waals surface area contributed by atoms with Crippen LogP contribution in [0.3, 0.4) is 0 Å². The van der Waals surface area contributed by atoms with E-state index in [-0.39, 0.29) is 0 Å². The van der Waals surface area contributed by atoms with Crippen molar-refractivity contribution in [1.82, 2.24) is 10.3 Å². The van der Waals surface area contributed by atoms with E-state index in [1.54, 1.807) is 18.3 Å². The fourth-order valence-corrected chi connectivity index (χ4v) is 1.35. The average molecular weight is 242 g/mol. The van der Waals surface area contributed by atoms with Crippen LogP contribution < -0.4 is 5.32 Å². The first kappa shape index (κ1) is 12.4.